The minimum absolute atomic E-state index is 0.0126. The first-order valence-corrected chi connectivity index (χ1v) is 8.11. The fraction of sp³-hybridized carbons (Fsp3) is 0.333. The van der Waals surface area contributed by atoms with E-state index in [1.807, 2.05) is 30.6 Å². The van der Waals surface area contributed by atoms with Crippen LogP contribution in [0.1, 0.15) is 22.7 Å². The number of ether oxygens (including phenoxy) is 1. The topological polar surface area (TPSA) is 60.0 Å². The van der Waals surface area contributed by atoms with Crippen molar-refractivity contribution in [3.05, 3.63) is 60.4 Å². The number of rotatable bonds is 5. The van der Waals surface area contributed by atoms with Crippen molar-refractivity contribution in [2.45, 2.75) is 19.0 Å². The van der Waals surface area contributed by atoms with Crippen LogP contribution in [-0.2, 0) is 11.3 Å². The second kappa shape index (κ2) is 6.59. The molecule has 0 spiro atoms. The fourth-order valence-corrected chi connectivity index (χ4v) is 3.15. The van der Waals surface area contributed by atoms with E-state index in [1.165, 1.54) is 6.26 Å². The fourth-order valence-electron chi connectivity index (χ4n) is 3.15. The maximum atomic E-state index is 12.3. The van der Waals surface area contributed by atoms with Crippen LogP contribution in [0.25, 0.3) is 5.65 Å². The number of hydrogen-bond donors (Lipinski definition) is 0. The molecule has 3 aromatic rings. The minimum Gasteiger partial charge on any atom is -0.461 e. The Kier molecular flexibility index (Phi) is 4.15. The molecule has 0 radical (unpaired) electrons. The number of aromatic nitrogens is 2. The number of nitrogens with zero attached hydrogens (tertiary/aromatic N) is 3. The van der Waals surface area contributed by atoms with Crippen molar-refractivity contribution in [3.63, 3.8) is 0 Å². The largest absolute Gasteiger partial charge is 0.461 e. The molecule has 0 N–H and O–H groups in total. The summed E-state index contributed by atoms with van der Waals surface area (Å²) in [5, 5.41) is 0. The number of furan rings is 1. The van der Waals surface area contributed by atoms with Gasteiger partial charge in [0.15, 0.2) is 11.5 Å². The summed E-state index contributed by atoms with van der Waals surface area (Å²) in [5.74, 6) is 0.425. The average Bonchev–Trinajstić information content (AvgIpc) is 3.27. The highest BCUT2D eigenvalue weighted by molar-refractivity contribution is 5.93. The summed E-state index contributed by atoms with van der Waals surface area (Å²) >= 11 is 0. The van der Waals surface area contributed by atoms with Gasteiger partial charge in [-0.1, -0.05) is 6.07 Å². The van der Waals surface area contributed by atoms with E-state index in [-0.39, 0.29) is 11.8 Å². The number of fused-ring (bicyclic) bond motifs is 1. The van der Waals surface area contributed by atoms with E-state index in [0.717, 1.165) is 24.4 Å². The molecule has 1 saturated heterocycles. The summed E-state index contributed by atoms with van der Waals surface area (Å²) in [7, 11) is 0. The number of ketones is 1. The lowest BCUT2D eigenvalue weighted by Gasteiger charge is -2.34. The zero-order valence-electron chi connectivity index (χ0n) is 13.3. The molecule has 0 aliphatic carbocycles. The lowest BCUT2D eigenvalue weighted by molar-refractivity contribution is -0.0134. The SMILES string of the molecule is O=C(C[C@H]1COCCN1Cc1cnc2ccccn12)c1ccco1. The molecule has 1 atom stereocenters. The van der Waals surface area contributed by atoms with Crippen molar-refractivity contribution in [1.82, 2.24) is 14.3 Å². The van der Waals surface area contributed by atoms with Crippen molar-refractivity contribution >= 4 is 11.4 Å². The number of carbonyl (C=O) groups is 1. The van der Waals surface area contributed by atoms with Gasteiger partial charge in [-0.2, -0.15) is 0 Å². The predicted molar refractivity (Wildman–Crippen MR) is 87.9 cm³/mol. The van der Waals surface area contributed by atoms with E-state index >= 15 is 0 Å². The molecule has 4 rings (SSSR count). The van der Waals surface area contributed by atoms with Crippen molar-refractivity contribution in [2.75, 3.05) is 19.8 Å². The highest BCUT2D eigenvalue weighted by Gasteiger charge is 2.27. The zero-order valence-corrected chi connectivity index (χ0v) is 13.3. The number of carbonyl (C=O) groups excluding carboxylic acids is 1. The van der Waals surface area contributed by atoms with Crippen LogP contribution in [0.5, 0.6) is 0 Å². The lowest BCUT2D eigenvalue weighted by atomic mass is 10.1. The van der Waals surface area contributed by atoms with Crippen LogP contribution in [0, 0.1) is 0 Å². The monoisotopic (exact) mass is 325 g/mol. The second-order valence-electron chi connectivity index (χ2n) is 5.98. The van der Waals surface area contributed by atoms with E-state index in [9.17, 15) is 4.79 Å². The van der Waals surface area contributed by atoms with Gasteiger partial charge in [0.2, 0.25) is 0 Å². The van der Waals surface area contributed by atoms with Crippen molar-refractivity contribution in [1.29, 1.82) is 0 Å². The van der Waals surface area contributed by atoms with Crippen molar-refractivity contribution in [2.24, 2.45) is 0 Å². The van der Waals surface area contributed by atoms with Crippen LogP contribution < -0.4 is 0 Å². The first-order valence-electron chi connectivity index (χ1n) is 8.11. The third kappa shape index (κ3) is 2.98. The molecule has 0 aromatic carbocycles. The van der Waals surface area contributed by atoms with E-state index in [0.29, 0.717) is 25.4 Å². The Bertz CT molecular complexity index is 825. The third-order valence-electron chi connectivity index (χ3n) is 4.43. The van der Waals surface area contributed by atoms with Gasteiger partial charge in [-0.15, -0.1) is 0 Å². The maximum absolute atomic E-state index is 12.3. The van der Waals surface area contributed by atoms with Crippen LogP contribution in [0.15, 0.2) is 53.4 Å². The molecule has 1 aliphatic rings. The van der Waals surface area contributed by atoms with Gasteiger partial charge in [0, 0.05) is 31.7 Å². The van der Waals surface area contributed by atoms with Crippen LogP contribution in [0.3, 0.4) is 0 Å². The normalized spacial score (nSPS) is 18.9. The average molecular weight is 325 g/mol. The Morgan fingerprint density at radius 3 is 3.12 bits per heavy atom. The van der Waals surface area contributed by atoms with E-state index in [2.05, 4.69) is 14.3 Å². The smallest absolute Gasteiger partial charge is 0.199 e. The first kappa shape index (κ1) is 15.1. The van der Waals surface area contributed by atoms with Gasteiger partial charge in [0.25, 0.3) is 0 Å². The van der Waals surface area contributed by atoms with Gasteiger partial charge in [-0.05, 0) is 24.3 Å². The Morgan fingerprint density at radius 1 is 1.29 bits per heavy atom. The first-order chi connectivity index (χ1) is 11.8. The van der Waals surface area contributed by atoms with Gasteiger partial charge >= 0.3 is 0 Å². The van der Waals surface area contributed by atoms with E-state index in [4.69, 9.17) is 9.15 Å². The Balaban J connectivity index is 1.50. The zero-order chi connectivity index (χ0) is 16.4. The molecule has 6 heteroatoms. The van der Waals surface area contributed by atoms with Crippen LogP contribution >= 0.6 is 0 Å². The number of Topliss-reactive ketones (excluding diaryl/α,β-unsaturated/α-hetero) is 1. The molecule has 1 aliphatic heterocycles. The second-order valence-corrected chi connectivity index (χ2v) is 5.98. The van der Waals surface area contributed by atoms with Crippen molar-refractivity contribution < 1.29 is 13.9 Å². The summed E-state index contributed by atoms with van der Waals surface area (Å²) in [6.07, 6.45) is 5.84. The number of morpholine rings is 1. The van der Waals surface area contributed by atoms with Crippen LogP contribution in [0.4, 0.5) is 0 Å². The maximum Gasteiger partial charge on any atom is 0.199 e. The van der Waals surface area contributed by atoms with E-state index < -0.39 is 0 Å². The summed E-state index contributed by atoms with van der Waals surface area (Å²) in [6.45, 7) is 2.78. The molecule has 6 nitrogen and oxygen atoms in total. The molecule has 0 saturated carbocycles. The van der Waals surface area contributed by atoms with Gasteiger partial charge in [0.05, 0.1) is 31.4 Å². The molecule has 4 heterocycles. The van der Waals surface area contributed by atoms with Gasteiger partial charge in [0.1, 0.15) is 5.65 Å². The highest BCUT2D eigenvalue weighted by atomic mass is 16.5. The van der Waals surface area contributed by atoms with E-state index in [1.54, 1.807) is 12.1 Å². The van der Waals surface area contributed by atoms with Crippen LogP contribution in [-0.4, -0.2) is 45.9 Å². The molecule has 124 valence electrons. The third-order valence-corrected chi connectivity index (χ3v) is 4.43. The molecule has 0 unspecified atom stereocenters. The summed E-state index contributed by atoms with van der Waals surface area (Å²) in [6, 6.07) is 9.45. The minimum atomic E-state index is 0.0126. The van der Waals surface area contributed by atoms with Crippen LogP contribution in [0.2, 0.25) is 0 Å². The standard InChI is InChI=1S/C18H19N3O3/c22-16(17-4-3-8-24-17)10-14-13-23-9-7-20(14)12-15-11-19-18-5-1-2-6-21(15)18/h1-6,8,11,14H,7,9-10,12-13H2/t14-/m0/s1. The number of imidazole rings is 1. The van der Waals surface area contributed by atoms with Gasteiger partial charge < -0.3 is 13.6 Å². The quantitative estimate of drug-likeness (QED) is 0.674. The lowest BCUT2D eigenvalue weighted by Crippen LogP contribution is -2.46. The summed E-state index contributed by atoms with van der Waals surface area (Å²) in [5.41, 5.74) is 2.05. The number of hydrogen-bond acceptors (Lipinski definition) is 5. The predicted octanol–water partition coefficient (Wildman–Crippen LogP) is 2.40. The van der Waals surface area contributed by atoms with Gasteiger partial charge in [-0.3, -0.25) is 9.69 Å². The van der Waals surface area contributed by atoms with Crippen molar-refractivity contribution in [3.8, 4) is 0 Å². The summed E-state index contributed by atoms with van der Waals surface area (Å²) in [4.78, 5) is 19.1. The molecular weight excluding hydrogens is 306 g/mol. The molecule has 3 aromatic heterocycles. The molecule has 24 heavy (non-hydrogen) atoms. The molecule has 0 amide bonds. The summed E-state index contributed by atoms with van der Waals surface area (Å²) < 4.78 is 12.9. The Hall–Kier alpha value is -2.44. The highest BCUT2D eigenvalue weighted by Crippen LogP contribution is 2.18. The Morgan fingerprint density at radius 2 is 2.25 bits per heavy atom. The number of pyridine rings is 1. The Labute approximate surface area is 139 Å². The molecular formula is C18H19N3O3. The molecule has 0 bridgehead atoms. The molecule has 1 fully saturated rings. The van der Waals surface area contributed by atoms with Gasteiger partial charge in [-0.25, -0.2) is 4.98 Å².